The number of Topliss-reactive ketones (excluding diaryl/α,β-unsaturated/α-hetero) is 1. The van der Waals surface area contributed by atoms with Crippen LogP contribution in [-0.2, 0) is 6.42 Å². The number of benzene rings is 1. The quantitative estimate of drug-likeness (QED) is 0.650. The molecule has 2 aliphatic rings. The van der Waals surface area contributed by atoms with Crippen LogP contribution in [0.4, 0.5) is 10.3 Å². The predicted molar refractivity (Wildman–Crippen MR) is 106 cm³/mol. The highest BCUT2D eigenvalue weighted by molar-refractivity contribution is 5.96. The number of halogens is 1. The van der Waals surface area contributed by atoms with Gasteiger partial charge in [-0.15, -0.1) is 0 Å². The molecule has 1 aliphatic carbocycles. The van der Waals surface area contributed by atoms with Gasteiger partial charge in [0.2, 0.25) is 5.95 Å². The zero-order chi connectivity index (χ0) is 20.0. The Balaban J connectivity index is 1.16. The van der Waals surface area contributed by atoms with Gasteiger partial charge in [-0.1, -0.05) is 6.07 Å². The summed E-state index contributed by atoms with van der Waals surface area (Å²) in [6, 6.07) is 8.64. The molecule has 3 aromatic rings. The number of ketones is 1. The van der Waals surface area contributed by atoms with Crippen molar-refractivity contribution < 1.29 is 14.3 Å². The molecule has 1 N–H and O–H groups in total. The van der Waals surface area contributed by atoms with Crippen LogP contribution in [0.5, 0.6) is 0 Å². The molecule has 0 radical (unpaired) electrons. The molecule has 1 saturated heterocycles. The molecular weight excluding hydrogens is 371 g/mol. The summed E-state index contributed by atoms with van der Waals surface area (Å²) < 4.78 is 13.3. The Morgan fingerprint density at radius 2 is 1.90 bits per heavy atom. The molecule has 148 valence electrons. The Labute approximate surface area is 167 Å². The number of carbonyl (C=O) groups is 1. The maximum atomic E-state index is 13.3. The van der Waals surface area contributed by atoms with Gasteiger partial charge in [-0.3, -0.25) is 9.78 Å². The van der Waals surface area contributed by atoms with Crippen molar-refractivity contribution in [2.24, 2.45) is 17.8 Å². The molecule has 0 spiro atoms. The first-order valence-corrected chi connectivity index (χ1v) is 9.88. The summed E-state index contributed by atoms with van der Waals surface area (Å²) in [5.41, 5.74) is 2.23. The second-order valence-corrected chi connectivity index (χ2v) is 7.93. The van der Waals surface area contributed by atoms with Crippen molar-refractivity contribution in [3.63, 3.8) is 0 Å². The van der Waals surface area contributed by atoms with Crippen LogP contribution >= 0.6 is 0 Å². The lowest BCUT2D eigenvalue weighted by Crippen LogP contribution is -2.26. The summed E-state index contributed by atoms with van der Waals surface area (Å²) in [6.07, 6.45) is 5.01. The summed E-state index contributed by atoms with van der Waals surface area (Å²) in [7, 11) is 0. The number of fused-ring (bicyclic) bond motifs is 2. The number of nitrogens with zero attached hydrogens (tertiary/aromatic N) is 4. The third kappa shape index (κ3) is 3.46. The van der Waals surface area contributed by atoms with Crippen molar-refractivity contribution in [2.75, 3.05) is 24.6 Å². The first-order valence-electron chi connectivity index (χ1n) is 9.88. The fourth-order valence-electron chi connectivity index (χ4n) is 4.55. The molecule has 5 rings (SSSR count). The van der Waals surface area contributed by atoms with Crippen molar-refractivity contribution >= 4 is 22.6 Å². The van der Waals surface area contributed by atoms with Gasteiger partial charge in [-0.05, 0) is 54.9 Å². The summed E-state index contributed by atoms with van der Waals surface area (Å²) >= 11 is 0. The van der Waals surface area contributed by atoms with Gasteiger partial charge in [0.15, 0.2) is 5.78 Å². The van der Waals surface area contributed by atoms with Gasteiger partial charge < -0.3 is 10.0 Å². The van der Waals surface area contributed by atoms with E-state index in [1.807, 2.05) is 12.1 Å². The maximum absolute atomic E-state index is 13.3. The number of aliphatic hydroxyl groups excluding tert-OH is 1. The number of pyridine rings is 1. The molecular formula is C22H21FN4O2. The number of hydrogen-bond donors (Lipinski definition) is 1. The Bertz CT molecular complexity index is 1060. The molecule has 1 aliphatic heterocycles. The summed E-state index contributed by atoms with van der Waals surface area (Å²) in [5, 5.41) is 9.73. The fraction of sp³-hybridized carbons (Fsp3) is 0.364. The zero-order valence-electron chi connectivity index (χ0n) is 15.8. The zero-order valence-corrected chi connectivity index (χ0v) is 15.8. The van der Waals surface area contributed by atoms with Gasteiger partial charge in [-0.2, -0.15) is 0 Å². The van der Waals surface area contributed by atoms with Crippen LogP contribution < -0.4 is 4.90 Å². The number of piperidine rings is 1. The van der Waals surface area contributed by atoms with Crippen LogP contribution in [0, 0.1) is 23.6 Å². The van der Waals surface area contributed by atoms with E-state index in [4.69, 9.17) is 5.11 Å². The van der Waals surface area contributed by atoms with Crippen molar-refractivity contribution in [3.05, 3.63) is 59.8 Å². The Hall–Kier alpha value is -2.93. The highest BCUT2D eigenvalue weighted by atomic mass is 19.1. The summed E-state index contributed by atoms with van der Waals surface area (Å²) in [4.78, 5) is 26.9. The van der Waals surface area contributed by atoms with E-state index in [9.17, 15) is 9.18 Å². The highest BCUT2D eigenvalue weighted by Crippen LogP contribution is 2.54. The Morgan fingerprint density at radius 1 is 1.14 bits per heavy atom. The lowest BCUT2D eigenvalue weighted by atomic mass is 10.1. The van der Waals surface area contributed by atoms with Gasteiger partial charge in [0, 0.05) is 36.6 Å². The van der Waals surface area contributed by atoms with E-state index in [0.29, 0.717) is 29.3 Å². The second-order valence-electron chi connectivity index (χ2n) is 7.93. The average Bonchev–Trinajstić information content (AvgIpc) is 3.20. The van der Waals surface area contributed by atoms with Crippen molar-refractivity contribution in [1.82, 2.24) is 15.0 Å². The monoisotopic (exact) mass is 392 g/mol. The minimum absolute atomic E-state index is 0.235. The number of aryl methyl sites for hydroxylation is 1. The molecule has 2 atom stereocenters. The van der Waals surface area contributed by atoms with Crippen LogP contribution in [0.25, 0.3) is 10.9 Å². The van der Waals surface area contributed by atoms with Gasteiger partial charge in [0.05, 0.1) is 11.1 Å². The Kier molecular flexibility index (Phi) is 4.47. The number of carbonyl (C=O) groups excluding carboxylic acids is 1. The molecule has 0 bridgehead atoms. The first-order chi connectivity index (χ1) is 14.1. The number of anilines is 1. The van der Waals surface area contributed by atoms with Crippen LogP contribution in [0.2, 0.25) is 0 Å². The van der Waals surface area contributed by atoms with Crippen LogP contribution in [0.15, 0.2) is 42.7 Å². The molecule has 29 heavy (non-hydrogen) atoms. The van der Waals surface area contributed by atoms with E-state index in [-0.39, 0.29) is 11.6 Å². The lowest BCUT2D eigenvalue weighted by Gasteiger charge is -2.19. The molecule has 1 aromatic carbocycles. The smallest absolute Gasteiger partial charge is 0.225 e. The van der Waals surface area contributed by atoms with E-state index in [2.05, 4.69) is 19.9 Å². The number of rotatable bonds is 6. The SMILES string of the molecule is O=C(CO)c1cnc(N2CC3C(CCc4ccc5cc(F)ccc5n4)C3C2)nc1. The van der Waals surface area contributed by atoms with Crippen molar-refractivity contribution in [2.45, 2.75) is 12.8 Å². The van der Waals surface area contributed by atoms with Gasteiger partial charge in [0.1, 0.15) is 12.4 Å². The van der Waals surface area contributed by atoms with E-state index < -0.39 is 6.61 Å². The molecule has 1 saturated carbocycles. The predicted octanol–water partition coefficient (Wildman–Crippen LogP) is 2.65. The van der Waals surface area contributed by atoms with E-state index >= 15 is 0 Å². The van der Waals surface area contributed by atoms with Gasteiger partial charge >= 0.3 is 0 Å². The minimum Gasteiger partial charge on any atom is -0.388 e. The summed E-state index contributed by atoms with van der Waals surface area (Å²) in [5.74, 6) is 2.06. The Morgan fingerprint density at radius 3 is 2.62 bits per heavy atom. The summed E-state index contributed by atoms with van der Waals surface area (Å²) in [6.45, 7) is 1.35. The number of aliphatic hydroxyl groups is 1. The first kappa shape index (κ1) is 18.1. The minimum atomic E-state index is -0.527. The topological polar surface area (TPSA) is 79.2 Å². The molecule has 2 aromatic heterocycles. The van der Waals surface area contributed by atoms with Crippen molar-refractivity contribution in [3.8, 4) is 0 Å². The van der Waals surface area contributed by atoms with Gasteiger partial charge in [0.25, 0.3) is 0 Å². The van der Waals surface area contributed by atoms with E-state index in [1.165, 1.54) is 24.5 Å². The van der Waals surface area contributed by atoms with E-state index in [1.54, 1.807) is 6.07 Å². The molecule has 2 unspecified atom stereocenters. The van der Waals surface area contributed by atoms with Crippen molar-refractivity contribution in [1.29, 1.82) is 0 Å². The number of hydrogen-bond acceptors (Lipinski definition) is 6. The molecule has 7 heteroatoms. The highest BCUT2D eigenvalue weighted by Gasteiger charge is 2.55. The average molecular weight is 392 g/mol. The molecule has 6 nitrogen and oxygen atoms in total. The number of aromatic nitrogens is 3. The maximum Gasteiger partial charge on any atom is 0.225 e. The van der Waals surface area contributed by atoms with Gasteiger partial charge in [-0.25, -0.2) is 14.4 Å². The van der Waals surface area contributed by atoms with Crippen LogP contribution in [0.1, 0.15) is 22.5 Å². The molecule has 2 fully saturated rings. The molecule has 3 heterocycles. The largest absolute Gasteiger partial charge is 0.388 e. The van der Waals surface area contributed by atoms with Crippen LogP contribution in [-0.4, -0.2) is 45.5 Å². The normalized spacial score (nSPS) is 22.7. The third-order valence-electron chi connectivity index (χ3n) is 6.20. The standard InChI is InChI=1S/C22H21FN4O2/c23-15-2-6-20-13(7-15)1-3-16(26-20)4-5-17-18-10-27(11-19(17)18)22-24-8-14(9-25-22)21(29)12-28/h1-3,6-9,17-19,28H,4-5,10-12H2. The second kappa shape index (κ2) is 7.15. The van der Waals surface area contributed by atoms with Crippen LogP contribution in [0.3, 0.4) is 0 Å². The molecule has 0 amide bonds. The third-order valence-corrected chi connectivity index (χ3v) is 6.20. The lowest BCUT2D eigenvalue weighted by molar-refractivity contribution is 0.0903. The fourth-order valence-corrected chi connectivity index (χ4v) is 4.55. The van der Waals surface area contributed by atoms with E-state index in [0.717, 1.165) is 42.5 Å².